The fourth-order valence-corrected chi connectivity index (χ4v) is 1.85. The number of aromatic amines is 1. The van der Waals surface area contributed by atoms with Crippen molar-refractivity contribution in [1.82, 2.24) is 9.97 Å². The molecule has 5 heteroatoms. The normalized spacial score (nSPS) is 10.7. The summed E-state index contributed by atoms with van der Waals surface area (Å²) < 4.78 is 5.04. The first-order valence-electron chi connectivity index (χ1n) is 5.45. The molecule has 5 nitrogen and oxygen atoms in total. The van der Waals surface area contributed by atoms with E-state index in [2.05, 4.69) is 9.97 Å². The number of pyridine rings is 2. The molecule has 2 aromatic heterocycles. The van der Waals surface area contributed by atoms with Gasteiger partial charge in [-0.2, -0.15) is 0 Å². The quantitative estimate of drug-likeness (QED) is 0.845. The summed E-state index contributed by atoms with van der Waals surface area (Å²) in [4.78, 5) is 18.1. The van der Waals surface area contributed by atoms with E-state index in [9.17, 15) is 9.90 Å². The Kier molecular flexibility index (Phi) is 2.99. The van der Waals surface area contributed by atoms with Gasteiger partial charge in [0.1, 0.15) is 0 Å². The zero-order chi connectivity index (χ0) is 12.4. The molecule has 0 aliphatic heterocycles. The number of rotatable bonds is 3. The monoisotopic (exact) mass is 234 g/mol. The van der Waals surface area contributed by atoms with Crippen molar-refractivity contribution < 1.29 is 9.84 Å². The molecule has 90 valence electrons. The maximum atomic E-state index is 11.5. The number of aromatic nitrogens is 2. The average Bonchev–Trinajstić information content (AvgIpc) is 2.34. The highest BCUT2D eigenvalue weighted by atomic mass is 16.5. The molecule has 0 saturated heterocycles. The molecule has 0 bridgehead atoms. The molecule has 17 heavy (non-hydrogen) atoms. The van der Waals surface area contributed by atoms with Gasteiger partial charge in [0, 0.05) is 17.0 Å². The van der Waals surface area contributed by atoms with Crippen molar-refractivity contribution in [3.63, 3.8) is 0 Å². The molecule has 0 aliphatic carbocycles. The Balaban J connectivity index is 2.79. The van der Waals surface area contributed by atoms with Gasteiger partial charge in [-0.05, 0) is 6.42 Å². The lowest BCUT2D eigenvalue weighted by Crippen LogP contribution is -2.09. The van der Waals surface area contributed by atoms with Crippen LogP contribution < -0.4 is 10.3 Å². The predicted octanol–water partition coefficient (Wildman–Crippen LogP) is 1.59. The van der Waals surface area contributed by atoms with Gasteiger partial charge in [0.2, 0.25) is 5.88 Å². The third-order valence-electron chi connectivity index (χ3n) is 2.66. The molecule has 0 aromatic carbocycles. The lowest BCUT2D eigenvalue weighted by molar-refractivity contribution is 0.398. The van der Waals surface area contributed by atoms with Crippen LogP contribution in [0.4, 0.5) is 0 Å². The van der Waals surface area contributed by atoms with E-state index in [0.717, 1.165) is 11.8 Å². The molecule has 2 rings (SSSR count). The van der Waals surface area contributed by atoms with Crippen LogP contribution in [0.2, 0.25) is 0 Å². The van der Waals surface area contributed by atoms with E-state index in [0.29, 0.717) is 23.4 Å². The van der Waals surface area contributed by atoms with E-state index in [1.54, 1.807) is 6.07 Å². The third kappa shape index (κ3) is 1.95. The Morgan fingerprint density at radius 1 is 1.53 bits per heavy atom. The van der Waals surface area contributed by atoms with Crippen LogP contribution in [-0.2, 0) is 6.42 Å². The van der Waals surface area contributed by atoms with Crippen LogP contribution in [0, 0.1) is 0 Å². The standard InChI is InChI=1S/C12H14N2O3/c1-3-4-7-8-5-10(17-2)13-6-9(8)14-12(16)11(7)15/h5-6,15H,3-4H2,1-2H3,(H,14,16). The van der Waals surface area contributed by atoms with Gasteiger partial charge in [0.25, 0.3) is 5.56 Å². The predicted molar refractivity (Wildman–Crippen MR) is 64.6 cm³/mol. The van der Waals surface area contributed by atoms with Crippen LogP contribution in [0.15, 0.2) is 17.1 Å². The molecule has 0 saturated carbocycles. The number of aryl methyl sites for hydroxylation is 1. The maximum Gasteiger partial charge on any atom is 0.290 e. The van der Waals surface area contributed by atoms with Gasteiger partial charge in [-0.3, -0.25) is 4.79 Å². The minimum Gasteiger partial charge on any atom is -0.503 e. The van der Waals surface area contributed by atoms with Crippen molar-refractivity contribution in [2.45, 2.75) is 19.8 Å². The number of ether oxygens (including phenoxy) is 1. The molecular formula is C12H14N2O3. The summed E-state index contributed by atoms with van der Waals surface area (Å²) >= 11 is 0. The van der Waals surface area contributed by atoms with E-state index in [1.165, 1.54) is 13.3 Å². The van der Waals surface area contributed by atoms with Gasteiger partial charge in [-0.25, -0.2) is 4.98 Å². The zero-order valence-electron chi connectivity index (χ0n) is 9.78. The largest absolute Gasteiger partial charge is 0.503 e. The van der Waals surface area contributed by atoms with Gasteiger partial charge < -0.3 is 14.8 Å². The molecule has 0 unspecified atom stereocenters. The van der Waals surface area contributed by atoms with E-state index >= 15 is 0 Å². The summed E-state index contributed by atoms with van der Waals surface area (Å²) in [5, 5.41) is 10.6. The number of hydrogen-bond acceptors (Lipinski definition) is 4. The highest BCUT2D eigenvalue weighted by Crippen LogP contribution is 2.25. The van der Waals surface area contributed by atoms with Gasteiger partial charge in [0.05, 0.1) is 18.8 Å². The number of aromatic hydroxyl groups is 1. The van der Waals surface area contributed by atoms with Crippen LogP contribution in [0.25, 0.3) is 10.9 Å². The summed E-state index contributed by atoms with van der Waals surface area (Å²) in [6.45, 7) is 1.99. The lowest BCUT2D eigenvalue weighted by Gasteiger charge is -2.08. The van der Waals surface area contributed by atoms with Crippen molar-refractivity contribution in [2.24, 2.45) is 0 Å². The smallest absolute Gasteiger partial charge is 0.290 e. The van der Waals surface area contributed by atoms with Crippen LogP contribution in [0.3, 0.4) is 0 Å². The Morgan fingerprint density at radius 3 is 2.94 bits per heavy atom. The molecular weight excluding hydrogens is 220 g/mol. The summed E-state index contributed by atoms with van der Waals surface area (Å²) in [7, 11) is 1.53. The van der Waals surface area contributed by atoms with Crippen molar-refractivity contribution in [3.8, 4) is 11.6 Å². The van der Waals surface area contributed by atoms with E-state index < -0.39 is 5.56 Å². The van der Waals surface area contributed by atoms with Crippen molar-refractivity contribution >= 4 is 10.9 Å². The molecule has 0 radical (unpaired) electrons. The maximum absolute atomic E-state index is 11.5. The number of methoxy groups -OCH3 is 1. The Hall–Kier alpha value is -2.04. The van der Waals surface area contributed by atoms with E-state index in [4.69, 9.17) is 4.74 Å². The highest BCUT2D eigenvalue weighted by Gasteiger charge is 2.11. The molecule has 0 amide bonds. The van der Waals surface area contributed by atoms with Crippen LogP contribution in [-0.4, -0.2) is 22.2 Å². The van der Waals surface area contributed by atoms with Crippen molar-refractivity contribution in [2.75, 3.05) is 7.11 Å². The van der Waals surface area contributed by atoms with Crippen LogP contribution in [0.1, 0.15) is 18.9 Å². The Labute approximate surface area is 98.1 Å². The second-order valence-corrected chi connectivity index (χ2v) is 3.80. The zero-order valence-corrected chi connectivity index (χ0v) is 9.78. The molecule has 2 aromatic rings. The Morgan fingerprint density at radius 2 is 2.29 bits per heavy atom. The molecule has 2 N–H and O–H groups in total. The summed E-state index contributed by atoms with van der Waals surface area (Å²) in [6, 6.07) is 1.72. The molecule has 0 fully saturated rings. The summed E-state index contributed by atoms with van der Waals surface area (Å²) in [5.41, 5.74) is 0.775. The second kappa shape index (κ2) is 4.45. The average molecular weight is 234 g/mol. The number of fused-ring (bicyclic) bond motifs is 1. The topological polar surface area (TPSA) is 75.2 Å². The number of hydrogen-bond donors (Lipinski definition) is 2. The van der Waals surface area contributed by atoms with Crippen molar-refractivity contribution in [3.05, 3.63) is 28.2 Å². The van der Waals surface area contributed by atoms with Crippen LogP contribution >= 0.6 is 0 Å². The first-order valence-corrected chi connectivity index (χ1v) is 5.45. The highest BCUT2D eigenvalue weighted by molar-refractivity contribution is 5.84. The van der Waals surface area contributed by atoms with E-state index in [1.807, 2.05) is 6.92 Å². The molecule has 2 heterocycles. The lowest BCUT2D eigenvalue weighted by atomic mass is 10.1. The summed E-state index contributed by atoms with van der Waals surface area (Å²) in [6.07, 6.45) is 3.02. The van der Waals surface area contributed by atoms with Gasteiger partial charge in [-0.1, -0.05) is 13.3 Å². The van der Waals surface area contributed by atoms with Gasteiger partial charge >= 0.3 is 0 Å². The number of H-pyrrole nitrogens is 1. The molecule has 0 atom stereocenters. The minimum atomic E-state index is -0.479. The van der Waals surface area contributed by atoms with Crippen molar-refractivity contribution in [1.29, 1.82) is 0 Å². The van der Waals surface area contributed by atoms with Crippen LogP contribution in [0.5, 0.6) is 11.6 Å². The minimum absolute atomic E-state index is 0.215. The van der Waals surface area contributed by atoms with E-state index in [-0.39, 0.29) is 5.75 Å². The first-order chi connectivity index (χ1) is 8.17. The fourth-order valence-electron chi connectivity index (χ4n) is 1.85. The number of nitrogens with zero attached hydrogens (tertiary/aromatic N) is 1. The van der Waals surface area contributed by atoms with Gasteiger partial charge in [-0.15, -0.1) is 0 Å². The molecule has 0 aliphatic rings. The first kappa shape index (κ1) is 11.4. The number of nitrogens with one attached hydrogen (secondary N) is 1. The Bertz CT molecular complexity index is 604. The fraction of sp³-hybridized carbons (Fsp3) is 0.333. The third-order valence-corrected chi connectivity index (χ3v) is 2.66. The summed E-state index contributed by atoms with van der Waals surface area (Å²) in [5.74, 6) is 0.244. The molecule has 0 spiro atoms. The SMILES string of the molecule is CCCc1c(O)c(=O)[nH]c2cnc(OC)cc12. The second-order valence-electron chi connectivity index (χ2n) is 3.80. The van der Waals surface area contributed by atoms with Gasteiger partial charge in [0.15, 0.2) is 5.75 Å².